The lowest BCUT2D eigenvalue weighted by Crippen LogP contribution is -2.39. The van der Waals surface area contributed by atoms with Gasteiger partial charge in [0.1, 0.15) is 0 Å². The summed E-state index contributed by atoms with van der Waals surface area (Å²) in [5.74, 6) is 0. The highest BCUT2D eigenvalue weighted by atomic mass is 16.2. The van der Waals surface area contributed by atoms with Crippen molar-refractivity contribution in [1.82, 2.24) is 10.3 Å². The summed E-state index contributed by atoms with van der Waals surface area (Å²) in [5.41, 5.74) is 1.74. The molecule has 0 saturated heterocycles. The van der Waals surface area contributed by atoms with Crippen LogP contribution in [0.1, 0.15) is 12.6 Å². The minimum atomic E-state index is -0.112. The molecular formula is C15H17N3O. The van der Waals surface area contributed by atoms with Crippen LogP contribution >= 0.6 is 0 Å². The average Bonchev–Trinajstić information content (AvgIpc) is 2.48. The van der Waals surface area contributed by atoms with Gasteiger partial charge in [0, 0.05) is 18.4 Å². The van der Waals surface area contributed by atoms with Crippen LogP contribution in [0.4, 0.5) is 10.5 Å². The van der Waals surface area contributed by atoms with E-state index in [9.17, 15) is 4.79 Å². The fraction of sp³-hybridized carbons (Fsp3) is 0.200. The lowest BCUT2D eigenvalue weighted by molar-refractivity contribution is 0.246. The van der Waals surface area contributed by atoms with Crippen molar-refractivity contribution in [2.75, 3.05) is 11.4 Å². The number of hydrogen-bond donors (Lipinski definition) is 1. The van der Waals surface area contributed by atoms with E-state index in [0.717, 1.165) is 11.4 Å². The molecule has 0 radical (unpaired) electrons. The van der Waals surface area contributed by atoms with Gasteiger partial charge in [-0.1, -0.05) is 24.3 Å². The highest BCUT2D eigenvalue weighted by Gasteiger charge is 2.12. The van der Waals surface area contributed by atoms with Crippen LogP contribution in [0.15, 0.2) is 54.7 Å². The molecule has 1 aromatic carbocycles. The number of nitrogens with zero attached hydrogens (tertiary/aromatic N) is 2. The fourth-order valence-electron chi connectivity index (χ4n) is 1.82. The van der Waals surface area contributed by atoms with Gasteiger partial charge in [-0.15, -0.1) is 0 Å². The van der Waals surface area contributed by atoms with E-state index in [1.807, 2.05) is 55.5 Å². The number of rotatable bonds is 4. The monoisotopic (exact) mass is 255 g/mol. The Bertz CT molecular complexity index is 513. The first kappa shape index (κ1) is 13.1. The minimum Gasteiger partial charge on any atom is -0.332 e. The van der Waals surface area contributed by atoms with Crippen LogP contribution in [-0.4, -0.2) is 17.6 Å². The number of nitrogens with one attached hydrogen (secondary N) is 1. The van der Waals surface area contributed by atoms with Crippen molar-refractivity contribution in [3.63, 3.8) is 0 Å². The topological polar surface area (TPSA) is 45.2 Å². The molecule has 4 heteroatoms. The van der Waals surface area contributed by atoms with Crippen LogP contribution in [0, 0.1) is 0 Å². The molecule has 0 fully saturated rings. The number of para-hydroxylation sites is 1. The number of carbonyl (C=O) groups excluding carboxylic acids is 1. The van der Waals surface area contributed by atoms with E-state index < -0.39 is 0 Å². The van der Waals surface area contributed by atoms with Gasteiger partial charge in [0.25, 0.3) is 0 Å². The van der Waals surface area contributed by atoms with Gasteiger partial charge in [-0.2, -0.15) is 0 Å². The van der Waals surface area contributed by atoms with Crippen LogP contribution < -0.4 is 10.2 Å². The van der Waals surface area contributed by atoms with Crippen molar-refractivity contribution in [2.45, 2.75) is 13.5 Å². The van der Waals surface area contributed by atoms with E-state index in [2.05, 4.69) is 10.3 Å². The van der Waals surface area contributed by atoms with Crippen molar-refractivity contribution >= 4 is 11.7 Å². The van der Waals surface area contributed by atoms with Crippen LogP contribution in [0.3, 0.4) is 0 Å². The molecule has 0 unspecified atom stereocenters. The average molecular weight is 255 g/mol. The van der Waals surface area contributed by atoms with Crippen molar-refractivity contribution in [1.29, 1.82) is 0 Å². The number of amides is 2. The largest absolute Gasteiger partial charge is 0.332 e. The van der Waals surface area contributed by atoms with E-state index >= 15 is 0 Å². The summed E-state index contributed by atoms with van der Waals surface area (Å²) < 4.78 is 0. The molecule has 0 aliphatic heterocycles. The predicted molar refractivity (Wildman–Crippen MR) is 75.9 cm³/mol. The maximum absolute atomic E-state index is 12.1. The molecule has 4 nitrogen and oxygen atoms in total. The van der Waals surface area contributed by atoms with E-state index in [0.29, 0.717) is 13.1 Å². The minimum absolute atomic E-state index is 0.112. The molecule has 0 spiro atoms. The maximum Gasteiger partial charge on any atom is 0.322 e. The summed E-state index contributed by atoms with van der Waals surface area (Å²) in [6.07, 6.45) is 1.72. The van der Waals surface area contributed by atoms with Gasteiger partial charge in [-0.3, -0.25) is 9.88 Å². The van der Waals surface area contributed by atoms with E-state index in [1.165, 1.54) is 0 Å². The second-order valence-electron chi connectivity index (χ2n) is 4.06. The van der Waals surface area contributed by atoms with Crippen LogP contribution in [0.5, 0.6) is 0 Å². The maximum atomic E-state index is 12.1. The number of hydrogen-bond acceptors (Lipinski definition) is 2. The Morgan fingerprint density at radius 3 is 2.53 bits per heavy atom. The lowest BCUT2D eigenvalue weighted by atomic mass is 10.3. The standard InChI is InChI=1S/C15H17N3O/c1-2-18(14-9-4-3-5-10-14)15(19)17-12-13-8-6-7-11-16-13/h3-11H,2,12H2,1H3,(H,17,19). The molecule has 0 aliphatic rings. The summed E-state index contributed by atoms with van der Waals surface area (Å²) in [7, 11) is 0. The summed E-state index contributed by atoms with van der Waals surface area (Å²) >= 11 is 0. The molecule has 0 aliphatic carbocycles. The third-order valence-electron chi connectivity index (χ3n) is 2.78. The Balaban J connectivity index is 1.98. The molecule has 1 heterocycles. The Kier molecular flexibility index (Phi) is 4.50. The third kappa shape index (κ3) is 3.55. The Labute approximate surface area is 113 Å². The molecule has 98 valence electrons. The third-order valence-corrected chi connectivity index (χ3v) is 2.78. The first-order valence-electron chi connectivity index (χ1n) is 6.31. The molecule has 2 rings (SSSR count). The van der Waals surface area contributed by atoms with Crippen molar-refractivity contribution < 1.29 is 4.79 Å². The van der Waals surface area contributed by atoms with Gasteiger partial charge in [0.15, 0.2) is 0 Å². The van der Waals surface area contributed by atoms with E-state index in [-0.39, 0.29) is 6.03 Å². The summed E-state index contributed by atoms with van der Waals surface area (Å²) in [6, 6.07) is 15.2. The molecule has 1 N–H and O–H groups in total. The molecule has 0 saturated carbocycles. The first-order valence-corrected chi connectivity index (χ1v) is 6.31. The van der Waals surface area contributed by atoms with Gasteiger partial charge in [0.2, 0.25) is 0 Å². The summed E-state index contributed by atoms with van der Waals surface area (Å²) in [6.45, 7) is 3.01. The van der Waals surface area contributed by atoms with Crippen molar-refractivity contribution in [3.05, 3.63) is 60.4 Å². The number of anilines is 1. The zero-order valence-electron chi connectivity index (χ0n) is 10.9. The number of carbonyl (C=O) groups is 1. The number of aromatic nitrogens is 1. The molecule has 0 atom stereocenters. The normalized spacial score (nSPS) is 9.95. The molecule has 2 amide bonds. The highest BCUT2D eigenvalue weighted by Crippen LogP contribution is 2.12. The molecule has 2 aromatic rings. The Hall–Kier alpha value is -2.36. The van der Waals surface area contributed by atoms with Gasteiger partial charge in [-0.25, -0.2) is 4.79 Å². The summed E-state index contributed by atoms with van der Waals surface area (Å²) in [5, 5.41) is 2.87. The van der Waals surface area contributed by atoms with Gasteiger partial charge in [-0.05, 0) is 31.2 Å². The fourth-order valence-corrected chi connectivity index (χ4v) is 1.82. The molecule has 1 aromatic heterocycles. The van der Waals surface area contributed by atoms with Crippen LogP contribution in [0.2, 0.25) is 0 Å². The molecular weight excluding hydrogens is 238 g/mol. The van der Waals surface area contributed by atoms with Crippen LogP contribution in [0.25, 0.3) is 0 Å². The molecule has 0 bridgehead atoms. The number of urea groups is 1. The quantitative estimate of drug-likeness (QED) is 0.913. The van der Waals surface area contributed by atoms with Gasteiger partial charge < -0.3 is 5.32 Å². The SMILES string of the molecule is CCN(C(=O)NCc1ccccn1)c1ccccc1. The predicted octanol–water partition coefficient (Wildman–Crippen LogP) is 2.82. The Morgan fingerprint density at radius 1 is 1.16 bits per heavy atom. The number of pyridine rings is 1. The van der Waals surface area contributed by atoms with E-state index in [4.69, 9.17) is 0 Å². The highest BCUT2D eigenvalue weighted by molar-refractivity contribution is 5.91. The lowest BCUT2D eigenvalue weighted by Gasteiger charge is -2.21. The zero-order chi connectivity index (χ0) is 13.5. The smallest absolute Gasteiger partial charge is 0.322 e. The van der Waals surface area contributed by atoms with Crippen LogP contribution in [-0.2, 0) is 6.54 Å². The second kappa shape index (κ2) is 6.54. The summed E-state index contributed by atoms with van der Waals surface area (Å²) in [4.78, 5) is 18.0. The Morgan fingerprint density at radius 2 is 1.89 bits per heavy atom. The first-order chi connectivity index (χ1) is 9.31. The molecule has 19 heavy (non-hydrogen) atoms. The van der Waals surface area contributed by atoms with Crippen molar-refractivity contribution in [2.24, 2.45) is 0 Å². The van der Waals surface area contributed by atoms with Crippen molar-refractivity contribution in [3.8, 4) is 0 Å². The van der Waals surface area contributed by atoms with E-state index in [1.54, 1.807) is 11.1 Å². The zero-order valence-corrected chi connectivity index (χ0v) is 10.9. The van der Waals surface area contributed by atoms with Gasteiger partial charge >= 0.3 is 6.03 Å². The van der Waals surface area contributed by atoms with Gasteiger partial charge in [0.05, 0.1) is 12.2 Å². The number of benzene rings is 1. The second-order valence-corrected chi connectivity index (χ2v) is 4.06.